The van der Waals surface area contributed by atoms with Gasteiger partial charge in [-0.15, -0.1) is 0 Å². The van der Waals surface area contributed by atoms with E-state index in [4.69, 9.17) is 11.6 Å². The molecule has 3 nitrogen and oxygen atoms in total. The van der Waals surface area contributed by atoms with Gasteiger partial charge in [0, 0.05) is 18.7 Å². The summed E-state index contributed by atoms with van der Waals surface area (Å²) < 4.78 is 1.75. The van der Waals surface area contributed by atoms with E-state index in [0.717, 1.165) is 23.2 Å². The maximum absolute atomic E-state index is 6.26. The standard InChI is InChI=1S/C13H24ClN3/c1-6-9(2)7-11(15-4)8-12-10(3)16-17(5)13(12)14/h9,11,15H,6-8H2,1-5H3. The van der Waals surface area contributed by atoms with Gasteiger partial charge in [-0.2, -0.15) is 5.10 Å². The Bertz CT molecular complexity index is 360. The number of aryl methyl sites for hydroxylation is 2. The maximum Gasteiger partial charge on any atom is 0.130 e. The molecule has 0 amide bonds. The lowest BCUT2D eigenvalue weighted by Crippen LogP contribution is -2.29. The molecule has 0 saturated carbocycles. The molecule has 0 saturated heterocycles. The summed E-state index contributed by atoms with van der Waals surface area (Å²) in [5.41, 5.74) is 2.22. The van der Waals surface area contributed by atoms with Crippen molar-refractivity contribution < 1.29 is 0 Å². The first-order valence-electron chi connectivity index (χ1n) is 6.34. The fraction of sp³-hybridized carbons (Fsp3) is 0.769. The monoisotopic (exact) mass is 257 g/mol. The Hall–Kier alpha value is -0.540. The largest absolute Gasteiger partial charge is 0.317 e. The van der Waals surface area contributed by atoms with Gasteiger partial charge in [-0.05, 0) is 32.7 Å². The third kappa shape index (κ3) is 3.71. The molecule has 2 atom stereocenters. The van der Waals surface area contributed by atoms with Crippen LogP contribution in [-0.2, 0) is 13.5 Å². The zero-order valence-corrected chi connectivity index (χ0v) is 12.3. The van der Waals surface area contributed by atoms with Crippen LogP contribution in [0.5, 0.6) is 0 Å². The fourth-order valence-corrected chi connectivity index (χ4v) is 2.36. The molecule has 0 aliphatic heterocycles. The molecule has 4 heteroatoms. The van der Waals surface area contributed by atoms with E-state index in [1.165, 1.54) is 18.4 Å². The zero-order valence-electron chi connectivity index (χ0n) is 11.5. The molecule has 0 bridgehead atoms. The summed E-state index contributed by atoms with van der Waals surface area (Å²) in [6, 6.07) is 0.477. The Morgan fingerprint density at radius 2 is 2.12 bits per heavy atom. The first-order valence-corrected chi connectivity index (χ1v) is 6.72. The van der Waals surface area contributed by atoms with Crippen molar-refractivity contribution in [2.45, 2.75) is 46.1 Å². The van der Waals surface area contributed by atoms with Crippen LogP contribution in [0.1, 0.15) is 37.9 Å². The predicted molar refractivity (Wildman–Crippen MR) is 73.6 cm³/mol. The van der Waals surface area contributed by atoms with Crippen LogP contribution in [0.2, 0.25) is 5.15 Å². The summed E-state index contributed by atoms with van der Waals surface area (Å²) in [4.78, 5) is 0. The van der Waals surface area contributed by atoms with Crippen molar-refractivity contribution in [3.05, 3.63) is 16.4 Å². The zero-order chi connectivity index (χ0) is 13.0. The molecule has 0 aromatic carbocycles. The van der Waals surface area contributed by atoms with E-state index in [1.54, 1.807) is 4.68 Å². The SMILES string of the molecule is CCC(C)CC(Cc1c(C)nn(C)c1Cl)NC. The minimum absolute atomic E-state index is 0.477. The molecule has 0 radical (unpaired) electrons. The maximum atomic E-state index is 6.26. The Morgan fingerprint density at radius 3 is 2.53 bits per heavy atom. The predicted octanol–water partition coefficient (Wildman–Crippen LogP) is 2.95. The van der Waals surface area contributed by atoms with Crippen molar-refractivity contribution >= 4 is 11.6 Å². The van der Waals surface area contributed by atoms with Crippen molar-refractivity contribution in [1.29, 1.82) is 0 Å². The Balaban J connectivity index is 2.73. The summed E-state index contributed by atoms with van der Waals surface area (Å²) in [6.45, 7) is 6.55. The van der Waals surface area contributed by atoms with Crippen LogP contribution >= 0.6 is 11.6 Å². The van der Waals surface area contributed by atoms with Gasteiger partial charge in [0.2, 0.25) is 0 Å². The molecule has 2 unspecified atom stereocenters. The number of nitrogens with zero attached hydrogens (tertiary/aromatic N) is 2. The molecule has 0 fully saturated rings. The average molecular weight is 258 g/mol. The highest BCUT2D eigenvalue weighted by Crippen LogP contribution is 2.22. The highest BCUT2D eigenvalue weighted by atomic mass is 35.5. The van der Waals surface area contributed by atoms with Crippen LogP contribution in [0.25, 0.3) is 0 Å². The number of aromatic nitrogens is 2. The highest BCUT2D eigenvalue weighted by Gasteiger charge is 2.17. The van der Waals surface area contributed by atoms with Gasteiger partial charge in [0.1, 0.15) is 5.15 Å². The molecule has 98 valence electrons. The summed E-state index contributed by atoms with van der Waals surface area (Å²) in [7, 11) is 3.91. The van der Waals surface area contributed by atoms with Crippen LogP contribution in [0, 0.1) is 12.8 Å². The van der Waals surface area contributed by atoms with Crippen LogP contribution in [-0.4, -0.2) is 22.9 Å². The van der Waals surface area contributed by atoms with Crippen LogP contribution in [0.15, 0.2) is 0 Å². The minimum Gasteiger partial charge on any atom is -0.317 e. The quantitative estimate of drug-likeness (QED) is 0.849. The smallest absolute Gasteiger partial charge is 0.130 e. The molecule has 1 rings (SSSR count). The Kier molecular flexibility index (Phi) is 5.47. The molecule has 0 aliphatic rings. The Labute approximate surface area is 110 Å². The van der Waals surface area contributed by atoms with E-state index in [1.807, 2.05) is 21.0 Å². The lowest BCUT2D eigenvalue weighted by molar-refractivity contribution is 0.410. The van der Waals surface area contributed by atoms with Crippen LogP contribution < -0.4 is 5.32 Å². The van der Waals surface area contributed by atoms with Gasteiger partial charge in [-0.3, -0.25) is 4.68 Å². The summed E-state index contributed by atoms with van der Waals surface area (Å²) in [5, 5.41) is 8.51. The van der Waals surface area contributed by atoms with Crippen molar-refractivity contribution in [1.82, 2.24) is 15.1 Å². The average Bonchev–Trinajstić information content (AvgIpc) is 2.54. The molecule has 1 heterocycles. The normalized spacial score (nSPS) is 14.9. The number of nitrogens with one attached hydrogen (secondary N) is 1. The Morgan fingerprint density at radius 1 is 1.47 bits per heavy atom. The first-order chi connectivity index (χ1) is 7.99. The molecule has 1 aromatic rings. The van der Waals surface area contributed by atoms with Crippen molar-refractivity contribution in [3.8, 4) is 0 Å². The van der Waals surface area contributed by atoms with Crippen molar-refractivity contribution in [2.24, 2.45) is 13.0 Å². The molecule has 0 spiro atoms. The van der Waals surface area contributed by atoms with Crippen molar-refractivity contribution in [3.63, 3.8) is 0 Å². The molecule has 0 aliphatic carbocycles. The number of halogens is 1. The number of rotatable bonds is 6. The molecular weight excluding hydrogens is 234 g/mol. The molecular formula is C13H24ClN3. The lowest BCUT2D eigenvalue weighted by atomic mass is 9.95. The van der Waals surface area contributed by atoms with Gasteiger partial charge in [0.25, 0.3) is 0 Å². The van der Waals surface area contributed by atoms with Crippen LogP contribution in [0.4, 0.5) is 0 Å². The number of hydrogen-bond acceptors (Lipinski definition) is 2. The van der Waals surface area contributed by atoms with E-state index in [2.05, 4.69) is 24.3 Å². The lowest BCUT2D eigenvalue weighted by Gasteiger charge is -2.19. The van der Waals surface area contributed by atoms with Gasteiger partial charge in [-0.1, -0.05) is 31.9 Å². The van der Waals surface area contributed by atoms with E-state index >= 15 is 0 Å². The summed E-state index contributed by atoms with van der Waals surface area (Å²) >= 11 is 6.26. The molecule has 1 aromatic heterocycles. The molecule has 17 heavy (non-hydrogen) atoms. The summed E-state index contributed by atoms with van der Waals surface area (Å²) in [6.07, 6.45) is 3.36. The summed E-state index contributed by atoms with van der Waals surface area (Å²) in [5.74, 6) is 0.739. The van der Waals surface area contributed by atoms with Crippen LogP contribution in [0.3, 0.4) is 0 Å². The topological polar surface area (TPSA) is 29.9 Å². The fourth-order valence-electron chi connectivity index (χ4n) is 2.11. The van der Waals surface area contributed by atoms with E-state index in [9.17, 15) is 0 Å². The van der Waals surface area contributed by atoms with Gasteiger partial charge >= 0.3 is 0 Å². The number of likely N-dealkylation sites (N-methyl/N-ethyl adjacent to an activating group) is 1. The van der Waals surface area contributed by atoms with E-state index in [-0.39, 0.29) is 0 Å². The van der Waals surface area contributed by atoms with Crippen molar-refractivity contribution in [2.75, 3.05) is 7.05 Å². The van der Waals surface area contributed by atoms with Gasteiger partial charge in [0.15, 0.2) is 0 Å². The highest BCUT2D eigenvalue weighted by molar-refractivity contribution is 6.30. The van der Waals surface area contributed by atoms with E-state index in [0.29, 0.717) is 6.04 Å². The second kappa shape index (κ2) is 6.41. The van der Waals surface area contributed by atoms with E-state index < -0.39 is 0 Å². The third-order valence-electron chi connectivity index (χ3n) is 3.51. The molecule has 1 N–H and O–H groups in total. The van der Waals surface area contributed by atoms with Gasteiger partial charge in [-0.25, -0.2) is 0 Å². The second-order valence-electron chi connectivity index (χ2n) is 4.92. The second-order valence-corrected chi connectivity index (χ2v) is 5.28. The third-order valence-corrected chi connectivity index (χ3v) is 3.99. The van der Waals surface area contributed by atoms with Gasteiger partial charge < -0.3 is 5.32 Å². The minimum atomic E-state index is 0.477. The number of hydrogen-bond donors (Lipinski definition) is 1. The first kappa shape index (κ1) is 14.5. The van der Waals surface area contributed by atoms with Gasteiger partial charge in [0.05, 0.1) is 5.69 Å².